The number of sulfone groups is 1. The largest absolute Gasteiger partial charge is 0.368 e. The van der Waals surface area contributed by atoms with Crippen molar-refractivity contribution in [3.8, 4) is 6.07 Å². The molecule has 28 heavy (non-hydrogen) atoms. The second kappa shape index (κ2) is 7.35. The van der Waals surface area contributed by atoms with Crippen molar-refractivity contribution in [3.63, 3.8) is 0 Å². The van der Waals surface area contributed by atoms with Crippen molar-refractivity contribution in [2.45, 2.75) is 48.8 Å². The van der Waals surface area contributed by atoms with Crippen LogP contribution in [0.25, 0.3) is 0 Å². The number of hydrogen-bond acceptors (Lipinski definition) is 7. The maximum Gasteiger partial charge on any atom is 0.228 e. The van der Waals surface area contributed by atoms with Gasteiger partial charge in [0.05, 0.1) is 22.8 Å². The van der Waals surface area contributed by atoms with Gasteiger partial charge in [-0.05, 0) is 43.5 Å². The molecule has 0 spiro atoms. The number of piperidine rings is 1. The number of amides is 1. The summed E-state index contributed by atoms with van der Waals surface area (Å²) in [6.45, 7) is 0.637. The molecular formula is C19H25N5O3S. The Hall–Kier alpha value is -2.15. The van der Waals surface area contributed by atoms with E-state index >= 15 is 0 Å². The third-order valence-corrected chi connectivity index (χ3v) is 7.20. The van der Waals surface area contributed by atoms with Crippen molar-refractivity contribution in [2.24, 2.45) is 11.8 Å². The number of hydrazine groups is 1. The van der Waals surface area contributed by atoms with Gasteiger partial charge in [-0.3, -0.25) is 4.79 Å². The van der Waals surface area contributed by atoms with Gasteiger partial charge in [0.1, 0.15) is 6.17 Å². The van der Waals surface area contributed by atoms with Gasteiger partial charge in [-0.15, -0.1) is 0 Å². The first-order valence-corrected chi connectivity index (χ1v) is 11.6. The molecule has 1 amide bonds. The molecular weight excluding hydrogens is 378 g/mol. The van der Waals surface area contributed by atoms with E-state index in [1.165, 1.54) is 6.26 Å². The monoisotopic (exact) mass is 403 g/mol. The number of carbonyl (C=O) groups excluding carboxylic acids is 1. The lowest BCUT2D eigenvalue weighted by atomic mass is 9.90. The van der Waals surface area contributed by atoms with Gasteiger partial charge in [-0.1, -0.05) is 6.42 Å². The van der Waals surface area contributed by atoms with Crippen molar-refractivity contribution in [1.82, 2.24) is 15.8 Å². The van der Waals surface area contributed by atoms with Gasteiger partial charge < -0.3 is 10.6 Å². The minimum Gasteiger partial charge on any atom is -0.368 e. The summed E-state index contributed by atoms with van der Waals surface area (Å²) in [6, 6.07) is 9.13. The Labute approximate surface area is 165 Å². The summed E-state index contributed by atoms with van der Waals surface area (Å²) in [5.74, 6) is -0.294. The highest BCUT2D eigenvalue weighted by atomic mass is 32.2. The van der Waals surface area contributed by atoms with Crippen molar-refractivity contribution in [1.29, 1.82) is 5.26 Å². The van der Waals surface area contributed by atoms with Crippen molar-refractivity contribution in [3.05, 3.63) is 24.3 Å². The summed E-state index contributed by atoms with van der Waals surface area (Å²) in [5, 5.41) is 17.9. The molecule has 1 aliphatic carbocycles. The molecule has 8 nitrogen and oxygen atoms in total. The third-order valence-electron chi connectivity index (χ3n) is 6.07. The summed E-state index contributed by atoms with van der Waals surface area (Å²) in [7, 11) is -3.25. The van der Waals surface area contributed by atoms with Crippen LogP contribution in [0.15, 0.2) is 29.2 Å². The van der Waals surface area contributed by atoms with E-state index in [2.05, 4.69) is 27.1 Å². The van der Waals surface area contributed by atoms with E-state index in [1.807, 2.05) is 0 Å². The van der Waals surface area contributed by atoms with Gasteiger partial charge in [-0.2, -0.15) is 5.26 Å². The fraction of sp³-hybridized carbons (Fsp3) is 0.579. The molecule has 0 aromatic heterocycles. The summed E-state index contributed by atoms with van der Waals surface area (Å²) in [6.07, 6.45) is 4.57. The lowest BCUT2D eigenvalue weighted by Gasteiger charge is -2.35. The topological polar surface area (TPSA) is 114 Å². The fourth-order valence-corrected chi connectivity index (χ4v) is 5.33. The number of nitrogens with zero attached hydrogens (tertiary/aromatic N) is 2. The first kappa shape index (κ1) is 19.2. The molecule has 3 aliphatic rings. The SMILES string of the molecule is CS(=O)(=O)c1ccc(NC2NN([C@@H]3CCC[C@H]3C#N)C3CCNC(=O)C23)cc1. The van der Waals surface area contributed by atoms with E-state index in [1.54, 1.807) is 24.3 Å². The van der Waals surface area contributed by atoms with Gasteiger partial charge in [0.25, 0.3) is 0 Å². The molecule has 4 rings (SSSR count). The molecule has 1 saturated carbocycles. The van der Waals surface area contributed by atoms with Crippen LogP contribution in [-0.4, -0.2) is 50.4 Å². The summed E-state index contributed by atoms with van der Waals surface area (Å²) in [4.78, 5) is 12.9. The second-order valence-electron chi connectivity index (χ2n) is 7.86. The van der Waals surface area contributed by atoms with Crippen LogP contribution < -0.4 is 16.1 Å². The van der Waals surface area contributed by atoms with Crippen LogP contribution in [-0.2, 0) is 14.6 Å². The van der Waals surface area contributed by atoms with E-state index in [-0.39, 0.29) is 40.9 Å². The number of carbonyl (C=O) groups is 1. The second-order valence-corrected chi connectivity index (χ2v) is 9.88. The van der Waals surface area contributed by atoms with E-state index in [0.29, 0.717) is 6.54 Å². The molecule has 1 aromatic rings. The Balaban J connectivity index is 1.56. The highest BCUT2D eigenvalue weighted by Gasteiger charge is 2.51. The first-order valence-electron chi connectivity index (χ1n) is 9.67. The minimum atomic E-state index is -3.25. The molecule has 2 saturated heterocycles. The van der Waals surface area contributed by atoms with Crippen LogP contribution in [0.2, 0.25) is 0 Å². The van der Waals surface area contributed by atoms with E-state index in [9.17, 15) is 18.5 Å². The van der Waals surface area contributed by atoms with E-state index < -0.39 is 9.84 Å². The van der Waals surface area contributed by atoms with E-state index in [4.69, 9.17) is 0 Å². The quantitative estimate of drug-likeness (QED) is 0.683. The number of rotatable bonds is 4. The number of nitrogens with one attached hydrogen (secondary N) is 3. The molecule has 3 fully saturated rings. The van der Waals surface area contributed by atoms with Crippen molar-refractivity contribution in [2.75, 3.05) is 18.1 Å². The lowest BCUT2D eigenvalue weighted by molar-refractivity contribution is -0.128. The molecule has 1 aromatic carbocycles. The highest BCUT2D eigenvalue weighted by molar-refractivity contribution is 7.90. The summed E-state index contributed by atoms with van der Waals surface area (Å²) >= 11 is 0. The minimum absolute atomic E-state index is 0.00279. The Kier molecular flexibility index (Phi) is 5.04. The normalized spacial score (nSPS) is 33.1. The molecule has 3 N–H and O–H groups in total. The molecule has 2 heterocycles. The zero-order chi connectivity index (χ0) is 19.9. The fourth-order valence-electron chi connectivity index (χ4n) is 4.70. The van der Waals surface area contributed by atoms with Crippen LogP contribution in [0.5, 0.6) is 0 Å². The van der Waals surface area contributed by atoms with Crippen molar-refractivity contribution < 1.29 is 13.2 Å². The lowest BCUT2D eigenvalue weighted by Crippen LogP contribution is -2.52. The zero-order valence-electron chi connectivity index (χ0n) is 15.8. The summed E-state index contributed by atoms with van der Waals surface area (Å²) < 4.78 is 23.3. The van der Waals surface area contributed by atoms with Crippen LogP contribution in [0.1, 0.15) is 25.7 Å². The Morgan fingerprint density at radius 2 is 1.93 bits per heavy atom. The zero-order valence-corrected chi connectivity index (χ0v) is 16.6. The smallest absolute Gasteiger partial charge is 0.228 e. The highest BCUT2D eigenvalue weighted by Crippen LogP contribution is 2.37. The maximum absolute atomic E-state index is 12.6. The number of hydrogen-bond donors (Lipinski definition) is 3. The molecule has 5 atom stereocenters. The molecule has 3 unspecified atom stereocenters. The molecule has 0 bridgehead atoms. The molecule has 150 valence electrons. The van der Waals surface area contributed by atoms with Crippen LogP contribution in [0, 0.1) is 23.2 Å². The van der Waals surface area contributed by atoms with Gasteiger partial charge in [0.2, 0.25) is 5.91 Å². The average molecular weight is 404 g/mol. The number of benzene rings is 1. The van der Waals surface area contributed by atoms with Gasteiger partial charge in [0, 0.05) is 30.6 Å². The molecule has 0 radical (unpaired) electrons. The number of fused-ring (bicyclic) bond motifs is 1. The van der Waals surface area contributed by atoms with Gasteiger partial charge >= 0.3 is 0 Å². The number of nitriles is 1. The van der Waals surface area contributed by atoms with Crippen LogP contribution in [0.4, 0.5) is 5.69 Å². The maximum atomic E-state index is 12.6. The predicted octanol–water partition coefficient (Wildman–Crippen LogP) is 0.845. The van der Waals surface area contributed by atoms with Gasteiger partial charge in [0.15, 0.2) is 9.84 Å². The Morgan fingerprint density at radius 1 is 1.18 bits per heavy atom. The van der Waals surface area contributed by atoms with E-state index in [0.717, 1.165) is 31.4 Å². The van der Waals surface area contributed by atoms with Crippen LogP contribution in [0.3, 0.4) is 0 Å². The first-order chi connectivity index (χ1) is 13.4. The molecule has 2 aliphatic heterocycles. The average Bonchev–Trinajstić information content (AvgIpc) is 3.26. The standard InChI is InChI=1S/C19H25N5O3S/c1-28(26,27)14-7-5-13(6-8-14)22-18-17-16(9-10-21-19(17)25)24(23-18)15-4-2-3-12(15)11-20/h5-8,12,15-18,22-23H,2-4,9-10H2,1H3,(H,21,25)/t12-,15+,16?,17?,18?/m0/s1. The van der Waals surface area contributed by atoms with Crippen LogP contribution >= 0.6 is 0 Å². The summed E-state index contributed by atoms with van der Waals surface area (Å²) in [5.41, 5.74) is 4.20. The van der Waals surface area contributed by atoms with Gasteiger partial charge in [-0.25, -0.2) is 18.9 Å². The molecule has 9 heteroatoms. The number of anilines is 1. The van der Waals surface area contributed by atoms with Crippen molar-refractivity contribution >= 4 is 21.4 Å². The Bertz CT molecular complexity index is 895. The Morgan fingerprint density at radius 3 is 2.61 bits per heavy atom. The predicted molar refractivity (Wildman–Crippen MR) is 104 cm³/mol. The third kappa shape index (κ3) is 3.48.